The number of ether oxygens (including phenoxy) is 2. The summed E-state index contributed by atoms with van der Waals surface area (Å²) in [6.07, 6.45) is 3.18. The zero-order valence-electron chi connectivity index (χ0n) is 35.6. The second-order valence-corrected chi connectivity index (χ2v) is 21.9. The molecular weight excluding hydrogens is 793 g/mol. The van der Waals surface area contributed by atoms with Crippen molar-refractivity contribution in [1.82, 2.24) is 15.0 Å². The standard InChI is InChI=1S/C50H52N6O5Si/c1-34-48(62(3,4)40-24-22-39(60-2)23-25-40)46(28-29-54-32-44(51-53-54)41(33-57)36-15-7-5-8-16-36)61-50(34)42-20-11-12-21-45(42)55(49(50)59)31-35-14-13-19-38(30-35)56-47(58)27-26-43(52-56)37-17-9-6-10-18-37/h5-25,30,32,34,41,46,48,57H,26-29,31,33H2,1-4H3/t34-,41?,46+,48-,50+/m0/s1. The van der Waals surface area contributed by atoms with Crippen LogP contribution in [0, 0.1) is 5.92 Å². The summed E-state index contributed by atoms with van der Waals surface area (Å²) in [4.78, 5) is 30.6. The Labute approximate surface area is 363 Å². The van der Waals surface area contributed by atoms with Crippen molar-refractivity contribution in [2.75, 3.05) is 23.6 Å². The van der Waals surface area contributed by atoms with Gasteiger partial charge in [0.05, 0.1) is 63.1 Å². The highest BCUT2D eigenvalue weighted by molar-refractivity contribution is 6.91. The van der Waals surface area contributed by atoms with Crippen molar-refractivity contribution >= 4 is 42.2 Å². The molecular formula is C50H52N6O5Si. The molecule has 3 aliphatic heterocycles. The van der Waals surface area contributed by atoms with Gasteiger partial charge in [-0.25, -0.2) is 5.01 Å². The first-order valence-corrected chi connectivity index (χ1v) is 24.5. The molecule has 62 heavy (non-hydrogen) atoms. The van der Waals surface area contributed by atoms with Crippen molar-refractivity contribution < 1.29 is 24.2 Å². The molecule has 11 nitrogen and oxygen atoms in total. The van der Waals surface area contributed by atoms with Gasteiger partial charge in [0.15, 0.2) is 5.60 Å². The maximum atomic E-state index is 15.5. The van der Waals surface area contributed by atoms with Gasteiger partial charge >= 0.3 is 0 Å². The van der Waals surface area contributed by atoms with E-state index in [9.17, 15) is 9.90 Å². The van der Waals surface area contributed by atoms with Crippen molar-refractivity contribution in [3.63, 3.8) is 0 Å². The molecule has 5 aromatic carbocycles. The minimum atomic E-state index is -2.39. The van der Waals surface area contributed by atoms with Crippen LogP contribution < -0.4 is 19.8 Å². The summed E-state index contributed by atoms with van der Waals surface area (Å²) in [5.74, 6) is 0.182. The lowest BCUT2D eigenvalue weighted by atomic mass is 9.82. The number of hydrogen-bond donors (Lipinski definition) is 1. The van der Waals surface area contributed by atoms with E-state index in [1.807, 2.05) is 131 Å². The number of hydrazone groups is 1. The lowest BCUT2D eigenvalue weighted by Gasteiger charge is -2.37. The van der Waals surface area contributed by atoms with Gasteiger partial charge in [-0.2, -0.15) is 5.10 Å². The van der Waals surface area contributed by atoms with E-state index >= 15 is 4.79 Å². The highest BCUT2D eigenvalue weighted by Crippen LogP contribution is 2.60. The summed E-state index contributed by atoms with van der Waals surface area (Å²) < 4.78 is 14.8. The van der Waals surface area contributed by atoms with E-state index in [0.29, 0.717) is 43.7 Å². The molecule has 1 saturated heterocycles. The maximum Gasteiger partial charge on any atom is 0.264 e. The normalized spacial score (nSPS) is 21.6. The zero-order valence-corrected chi connectivity index (χ0v) is 36.6. The summed E-state index contributed by atoms with van der Waals surface area (Å²) in [5.41, 5.74) is 5.60. The number of fused-ring (bicyclic) bond motifs is 2. The second kappa shape index (κ2) is 16.9. The highest BCUT2D eigenvalue weighted by atomic mass is 28.3. The van der Waals surface area contributed by atoms with Crippen LogP contribution in [0.3, 0.4) is 0 Å². The van der Waals surface area contributed by atoms with E-state index in [1.54, 1.807) is 7.11 Å². The van der Waals surface area contributed by atoms with Gasteiger partial charge in [0, 0.05) is 37.1 Å². The third kappa shape index (κ3) is 7.35. The molecule has 0 radical (unpaired) electrons. The van der Waals surface area contributed by atoms with Crippen molar-refractivity contribution in [3.8, 4) is 5.75 Å². The van der Waals surface area contributed by atoms with Crippen molar-refractivity contribution in [2.24, 2.45) is 11.0 Å². The summed E-state index contributed by atoms with van der Waals surface area (Å²) in [6.45, 7) is 7.70. The van der Waals surface area contributed by atoms with Gasteiger partial charge in [-0.05, 0) is 59.0 Å². The number of benzene rings is 5. The molecule has 9 rings (SSSR count). The van der Waals surface area contributed by atoms with Crippen LogP contribution in [-0.2, 0) is 33.0 Å². The molecule has 1 spiro atoms. The number of anilines is 2. The lowest BCUT2D eigenvalue weighted by Crippen LogP contribution is -2.51. The molecule has 0 aliphatic carbocycles. The summed E-state index contributed by atoms with van der Waals surface area (Å²) in [6, 6.07) is 44.0. The first-order chi connectivity index (χ1) is 30.1. The van der Waals surface area contributed by atoms with Crippen LogP contribution in [0.5, 0.6) is 5.75 Å². The third-order valence-electron chi connectivity index (χ3n) is 13.3. The Hall–Kier alpha value is -6.21. The number of carbonyl (C=O) groups excluding carboxylic acids is 2. The molecule has 0 bridgehead atoms. The molecule has 1 aromatic heterocycles. The number of aliphatic hydroxyl groups excluding tert-OH is 1. The Bertz CT molecular complexity index is 2600. The number of hydrogen-bond acceptors (Lipinski definition) is 8. The molecule has 3 aliphatic rings. The van der Waals surface area contributed by atoms with Crippen LogP contribution in [-0.4, -0.2) is 65.5 Å². The number of aliphatic hydroxyl groups is 1. The Morgan fingerprint density at radius 2 is 1.61 bits per heavy atom. The fourth-order valence-corrected chi connectivity index (χ4v) is 14.2. The number of para-hydroxylation sites is 1. The molecule has 0 saturated carbocycles. The van der Waals surface area contributed by atoms with Gasteiger partial charge in [0.2, 0.25) is 5.91 Å². The zero-order chi connectivity index (χ0) is 43.0. The first-order valence-electron chi connectivity index (χ1n) is 21.5. The second-order valence-electron chi connectivity index (χ2n) is 17.2. The number of rotatable bonds is 13. The maximum absolute atomic E-state index is 15.5. The number of methoxy groups -OCH3 is 1. The molecule has 4 heterocycles. The van der Waals surface area contributed by atoms with Crippen molar-refractivity contribution in [2.45, 2.75) is 75.5 Å². The smallest absolute Gasteiger partial charge is 0.264 e. The quantitative estimate of drug-likeness (QED) is 0.118. The fraction of sp³-hybridized carbons (Fsp3) is 0.300. The molecule has 1 N–H and O–H groups in total. The molecule has 316 valence electrons. The molecule has 1 unspecified atom stereocenters. The summed E-state index contributed by atoms with van der Waals surface area (Å²) >= 11 is 0. The van der Waals surface area contributed by atoms with Crippen LogP contribution >= 0.6 is 0 Å². The van der Waals surface area contributed by atoms with Crippen LogP contribution in [0.4, 0.5) is 11.4 Å². The monoisotopic (exact) mass is 844 g/mol. The number of nitrogens with zero attached hydrogens (tertiary/aromatic N) is 6. The molecule has 12 heteroatoms. The SMILES string of the molecule is COc1ccc([Si](C)(C)[C@@H]2[C@@H](CCn3cc(C(CO)c4ccccc4)nn3)O[C@]3(C(=O)N(Cc4cccc(N5N=C(c6ccccc6)CCC5=O)c4)c4ccccc43)[C@H]2C)cc1. The van der Waals surface area contributed by atoms with Gasteiger partial charge < -0.3 is 19.5 Å². The van der Waals surface area contributed by atoms with Gasteiger partial charge in [-0.3, -0.25) is 14.3 Å². The van der Waals surface area contributed by atoms with Gasteiger partial charge in [-0.15, -0.1) is 5.10 Å². The van der Waals surface area contributed by atoms with E-state index in [4.69, 9.17) is 14.6 Å². The Balaban J connectivity index is 1.04. The Kier molecular flexibility index (Phi) is 11.2. The average Bonchev–Trinajstić information content (AvgIpc) is 3.97. The minimum Gasteiger partial charge on any atom is -0.497 e. The minimum absolute atomic E-state index is 0.0375. The number of carbonyl (C=O) groups is 2. The van der Waals surface area contributed by atoms with Crippen LogP contribution in [0.25, 0.3) is 0 Å². The van der Waals surface area contributed by atoms with Crippen LogP contribution in [0.15, 0.2) is 145 Å². The first kappa shape index (κ1) is 41.2. The van der Waals surface area contributed by atoms with Gasteiger partial charge in [0.25, 0.3) is 5.91 Å². The van der Waals surface area contributed by atoms with Crippen molar-refractivity contribution in [1.29, 1.82) is 0 Å². The number of aryl methyl sites for hydroxylation is 1. The predicted octanol–water partition coefficient (Wildman–Crippen LogP) is 7.80. The molecule has 2 amide bonds. The predicted molar refractivity (Wildman–Crippen MR) is 243 cm³/mol. The van der Waals surface area contributed by atoms with Crippen LogP contribution in [0.1, 0.15) is 60.1 Å². The topological polar surface area (TPSA) is 122 Å². The number of aromatic nitrogens is 3. The van der Waals surface area contributed by atoms with Gasteiger partial charge in [-0.1, -0.05) is 134 Å². The van der Waals surface area contributed by atoms with E-state index in [1.165, 1.54) is 10.2 Å². The van der Waals surface area contributed by atoms with Crippen molar-refractivity contribution in [3.05, 3.63) is 168 Å². The molecule has 5 atom stereocenters. The van der Waals surface area contributed by atoms with Crippen LogP contribution in [0.2, 0.25) is 18.6 Å². The van der Waals surface area contributed by atoms with E-state index in [0.717, 1.165) is 39.4 Å². The molecule has 1 fully saturated rings. The third-order valence-corrected chi connectivity index (χ3v) is 17.7. The van der Waals surface area contributed by atoms with E-state index in [2.05, 4.69) is 48.5 Å². The Morgan fingerprint density at radius 1 is 0.887 bits per heavy atom. The summed E-state index contributed by atoms with van der Waals surface area (Å²) in [5, 5.41) is 26.9. The lowest BCUT2D eigenvalue weighted by molar-refractivity contribution is -0.146. The fourth-order valence-electron chi connectivity index (χ4n) is 10.2. The Morgan fingerprint density at radius 3 is 2.35 bits per heavy atom. The average molecular weight is 845 g/mol. The van der Waals surface area contributed by atoms with E-state index < -0.39 is 13.7 Å². The van der Waals surface area contributed by atoms with Gasteiger partial charge in [0.1, 0.15) is 5.75 Å². The van der Waals surface area contributed by atoms with E-state index in [-0.39, 0.29) is 41.9 Å². The number of amides is 2. The molecule has 6 aromatic rings. The largest absolute Gasteiger partial charge is 0.497 e. The summed E-state index contributed by atoms with van der Waals surface area (Å²) in [7, 11) is -0.716. The highest BCUT2D eigenvalue weighted by Gasteiger charge is 2.66.